The molecule has 9 heteroatoms. The number of hydrogen-bond donors (Lipinski definition) is 1. The maximum atomic E-state index is 13.2. The molecule has 30 heavy (non-hydrogen) atoms. The molecule has 2 saturated carbocycles. The standard InChI is InChI=1S/C21H26ClN3O4S/c1-12-18(21(27)24(2)23-12)20(26)15-8-9-17(30(3,28)29)16(19(15)22)11-25(14-6-7-14)10-13-4-5-13/h8-9,13-14,27H,4-7,10-11H2,1-3H3. The van der Waals surface area contributed by atoms with Crippen LogP contribution >= 0.6 is 11.6 Å². The number of rotatable bonds is 8. The molecule has 0 bridgehead atoms. The SMILES string of the molecule is Cc1nn(C)c(O)c1C(=O)c1ccc(S(C)(=O)=O)c(CN(CC2CC2)C2CC2)c1Cl. The van der Waals surface area contributed by atoms with Gasteiger partial charge in [-0.2, -0.15) is 5.10 Å². The molecule has 1 heterocycles. The molecule has 2 aromatic rings. The van der Waals surface area contributed by atoms with E-state index in [-0.39, 0.29) is 26.9 Å². The van der Waals surface area contributed by atoms with Crippen molar-refractivity contribution in [3.63, 3.8) is 0 Å². The van der Waals surface area contributed by atoms with Gasteiger partial charge < -0.3 is 5.11 Å². The highest BCUT2D eigenvalue weighted by atomic mass is 35.5. The number of halogens is 1. The fourth-order valence-electron chi connectivity index (χ4n) is 3.94. The average molecular weight is 452 g/mol. The summed E-state index contributed by atoms with van der Waals surface area (Å²) in [6.07, 6.45) is 5.75. The van der Waals surface area contributed by atoms with Gasteiger partial charge in [-0.25, -0.2) is 13.1 Å². The van der Waals surface area contributed by atoms with Crippen molar-refractivity contribution >= 4 is 27.2 Å². The van der Waals surface area contributed by atoms with Crippen LogP contribution in [0.4, 0.5) is 0 Å². The Labute approximate surface area is 181 Å². The maximum absolute atomic E-state index is 13.2. The minimum absolute atomic E-state index is 0.0782. The number of ketones is 1. The Morgan fingerprint density at radius 3 is 2.47 bits per heavy atom. The molecule has 2 aliphatic rings. The second-order valence-corrected chi connectivity index (χ2v) is 10.9. The summed E-state index contributed by atoms with van der Waals surface area (Å²) in [7, 11) is -1.98. The lowest BCUT2D eigenvalue weighted by Crippen LogP contribution is -2.29. The Balaban J connectivity index is 1.78. The Morgan fingerprint density at radius 1 is 1.30 bits per heavy atom. The van der Waals surface area contributed by atoms with E-state index in [2.05, 4.69) is 10.00 Å². The van der Waals surface area contributed by atoms with Gasteiger partial charge in [0.15, 0.2) is 9.84 Å². The number of sulfone groups is 1. The van der Waals surface area contributed by atoms with Crippen LogP contribution in [0.5, 0.6) is 5.88 Å². The van der Waals surface area contributed by atoms with Crippen molar-refractivity contribution in [2.24, 2.45) is 13.0 Å². The quantitative estimate of drug-likeness (QED) is 0.620. The van der Waals surface area contributed by atoms with Crippen LogP contribution in [0.1, 0.15) is 52.9 Å². The number of aromatic hydroxyl groups is 1. The normalized spacial score (nSPS) is 17.0. The first-order chi connectivity index (χ1) is 14.1. The molecule has 1 aromatic carbocycles. The van der Waals surface area contributed by atoms with Crippen molar-refractivity contribution in [1.82, 2.24) is 14.7 Å². The molecule has 2 fully saturated rings. The maximum Gasteiger partial charge on any atom is 0.220 e. The summed E-state index contributed by atoms with van der Waals surface area (Å²) in [6, 6.07) is 3.33. The van der Waals surface area contributed by atoms with Gasteiger partial charge in [0.2, 0.25) is 11.7 Å². The Hall–Kier alpha value is -1.90. The van der Waals surface area contributed by atoms with E-state index in [4.69, 9.17) is 11.6 Å². The molecule has 4 rings (SSSR count). The number of hydrogen-bond acceptors (Lipinski definition) is 6. The lowest BCUT2D eigenvalue weighted by molar-refractivity contribution is 0.103. The highest BCUT2D eigenvalue weighted by Crippen LogP contribution is 2.38. The summed E-state index contributed by atoms with van der Waals surface area (Å²) < 4.78 is 26.1. The summed E-state index contributed by atoms with van der Waals surface area (Å²) in [6.45, 7) is 2.95. The second kappa shape index (κ2) is 7.66. The van der Waals surface area contributed by atoms with Gasteiger partial charge in [-0.15, -0.1) is 0 Å². The van der Waals surface area contributed by atoms with Crippen LogP contribution in [-0.4, -0.2) is 52.8 Å². The number of aromatic nitrogens is 2. The van der Waals surface area contributed by atoms with E-state index in [0.29, 0.717) is 29.8 Å². The topological polar surface area (TPSA) is 92.5 Å². The number of aryl methyl sites for hydroxylation is 2. The second-order valence-electron chi connectivity index (χ2n) is 8.52. The third kappa shape index (κ3) is 4.13. The Kier molecular flexibility index (Phi) is 5.45. The molecule has 0 amide bonds. The number of benzene rings is 1. The summed E-state index contributed by atoms with van der Waals surface area (Å²) in [5, 5.41) is 14.5. The van der Waals surface area contributed by atoms with E-state index in [0.717, 1.165) is 25.6 Å². The molecule has 0 saturated heterocycles. The van der Waals surface area contributed by atoms with Gasteiger partial charge in [0, 0.05) is 43.6 Å². The van der Waals surface area contributed by atoms with Gasteiger partial charge in [0.25, 0.3) is 0 Å². The molecule has 7 nitrogen and oxygen atoms in total. The molecular formula is C21H26ClN3O4S. The van der Waals surface area contributed by atoms with E-state index >= 15 is 0 Å². The fourth-order valence-corrected chi connectivity index (χ4v) is 5.23. The van der Waals surface area contributed by atoms with Gasteiger partial charge >= 0.3 is 0 Å². The first kappa shape index (κ1) is 21.3. The van der Waals surface area contributed by atoms with Crippen LogP contribution in [0.2, 0.25) is 5.02 Å². The van der Waals surface area contributed by atoms with Crippen molar-refractivity contribution in [2.75, 3.05) is 12.8 Å². The summed E-state index contributed by atoms with van der Waals surface area (Å²) in [4.78, 5) is 15.6. The van der Waals surface area contributed by atoms with E-state index in [1.54, 1.807) is 14.0 Å². The largest absolute Gasteiger partial charge is 0.493 e. The molecule has 1 aromatic heterocycles. The molecule has 0 aliphatic heterocycles. The van der Waals surface area contributed by atoms with Gasteiger partial charge in [-0.1, -0.05) is 11.6 Å². The number of carbonyl (C=O) groups excluding carboxylic acids is 1. The van der Waals surface area contributed by atoms with Gasteiger partial charge in [0.05, 0.1) is 15.6 Å². The van der Waals surface area contributed by atoms with Crippen molar-refractivity contribution in [1.29, 1.82) is 0 Å². The van der Waals surface area contributed by atoms with Crippen molar-refractivity contribution in [3.8, 4) is 5.88 Å². The highest BCUT2D eigenvalue weighted by Gasteiger charge is 2.35. The third-order valence-electron chi connectivity index (χ3n) is 5.88. The molecule has 0 spiro atoms. The molecule has 0 atom stereocenters. The van der Waals surface area contributed by atoms with Crippen molar-refractivity contribution < 1.29 is 18.3 Å². The Bertz CT molecular complexity index is 1120. The lowest BCUT2D eigenvalue weighted by Gasteiger charge is -2.24. The van der Waals surface area contributed by atoms with Crippen LogP contribution in [0.25, 0.3) is 0 Å². The molecule has 0 radical (unpaired) electrons. The molecular weight excluding hydrogens is 426 g/mol. The zero-order valence-corrected chi connectivity index (χ0v) is 18.9. The van der Waals surface area contributed by atoms with Crippen LogP contribution in [-0.2, 0) is 23.4 Å². The average Bonchev–Trinajstić information content (AvgIpc) is 3.55. The number of nitrogens with zero attached hydrogens (tertiary/aromatic N) is 3. The van der Waals surface area contributed by atoms with E-state index in [1.807, 2.05) is 0 Å². The zero-order chi connectivity index (χ0) is 21.8. The van der Waals surface area contributed by atoms with E-state index < -0.39 is 15.6 Å². The van der Waals surface area contributed by atoms with Crippen LogP contribution in [0.3, 0.4) is 0 Å². The zero-order valence-electron chi connectivity index (χ0n) is 17.4. The van der Waals surface area contributed by atoms with Gasteiger partial charge in [-0.05, 0) is 50.7 Å². The molecule has 162 valence electrons. The summed E-state index contributed by atoms with van der Waals surface area (Å²) in [5.41, 5.74) is 1.10. The predicted octanol–water partition coefficient (Wildman–Crippen LogP) is 3.10. The Morgan fingerprint density at radius 2 is 1.97 bits per heavy atom. The molecule has 1 N–H and O–H groups in total. The fraction of sp³-hybridized carbons (Fsp3) is 0.524. The predicted molar refractivity (Wildman–Crippen MR) is 114 cm³/mol. The van der Waals surface area contributed by atoms with Crippen LogP contribution < -0.4 is 0 Å². The van der Waals surface area contributed by atoms with E-state index in [9.17, 15) is 18.3 Å². The minimum Gasteiger partial charge on any atom is -0.493 e. The molecule has 2 aliphatic carbocycles. The minimum atomic E-state index is -3.53. The van der Waals surface area contributed by atoms with Crippen molar-refractivity contribution in [2.45, 2.75) is 50.1 Å². The first-order valence-electron chi connectivity index (χ1n) is 10.1. The lowest BCUT2D eigenvalue weighted by atomic mass is 10.0. The summed E-state index contributed by atoms with van der Waals surface area (Å²) >= 11 is 6.68. The highest BCUT2D eigenvalue weighted by molar-refractivity contribution is 7.90. The van der Waals surface area contributed by atoms with Crippen LogP contribution in [0, 0.1) is 12.8 Å². The number of carbonyl (C=O) groups is 1. The van der Waals surface area contributed by atoms with Gasteiger partial charge in [-0.3, -0.25) is 9.69 Å². The third-order valence-corrected chi connectivity index (χ3v) is 7.49. The first-order valence-corrected chi connectivity index (χ1v) is 12.4. The van der Waals surface area contributed by atoms with Gasteiger partial charge in [0.1, 0.15) is 5.56 Å². The van der Waals surface area contributed by atoms with Crippen LogP contribution in [0.15, 0.2) is 17.0 Å². The monoisotopic (exact) mass is 451 g/mol. The van der Waals surface area contributed by atoms with Crippen molar-refractivity contribution in [3.05, 3.63) is 39.5 Å². The summed E-state index contributed by atoms with van der Waals surface area (Å²) in [5.74, 6) is -0.0499. The van der Waals surface area contributed by atoms with E-state index in [1.165, 1.54) is 29.7 Å². The molecule has 0 unspecified atom stereocenters. The smallest absolute Gasteiger partial charge is 0.220 e.